The molecule has 2 aromatic carbocycles. The summed E-state index contributed by atoms with van der Waals surface area (Å²) in [5.74, 6) is 0.648. The molecule has 0 amide bonds. The van der Waals surface area contributed by atoms with Crippen molar-refractivity contribution in [3.8, 4) is 0 Å². The van der Waals surface area contributed by atoms with Crippen LogP contribution in [0.2, 0.25) is 0 Å². The Morgan fingerprint density at radius 3 is 2.38 bits per heavy atom. The van der Waals surface area contributed by atoms with Gasteiger partial charge in [0.05, 0.1) is 11.3 Å². The van der Waals surface area contributed by atoms with Gasteiger partial charge in [-0.05, 0) is 30.2 Å². The lowest BCUT2D eigenvalue weighted by atomic mass is 10.1. The highest BCUT2D eigenvalue weighted by Gasteiger charge is 2.33. The molecule has 1 aromatic heterocycles. The number of benzene rings is 2. The van der Waals surface area contributed by atoms with Gasteiger partial charge in [-0.2, -0.15) is 18.2 Å². The van der Waals surface area contributed by atoms with Gasteiger partial charge >= 0.3 is 6.18 Å². The molecular weight excluding hydrogens is 341 g/mol. The number of para-hydroxylation sites is 1. The highest BCUT2D eigenvalue weighted by Crippen LogP contribution is 2.35. The van der Waals surface area contributed by atoms with Crippen molar-refractivity contribution >= 4 is 17.5 Å². The maximum absolute atomic E-state index is 13.1. The van der Waals surface area contributed by atoms with Crippen LogP contribution in [0.1, 0.15) is 11.1 Å². The molecule has 26 heavy (non-hydrogen) atoms. The molecule has 4 nitrogen and oxygen atoms in total. The second kappa shape index (κ2) is 7.86. The maximum Gasteiger partial charge on any atom is 0.418 e. The molecule has 0 saturated carbocycles. The molecule has 1 heterocycles. The number of aromatic nitrogens is 2. The van der Waals surface area contributed by atoms with Crippen LogP contribution in [0.15, 0.2) is 66.9 Å². The summed E-state index contributed by atoms with van der Waals surface area (Å²) in [6.07, 6.45) is -2.14. The fourth-order valence-electron chi connectivity index (χ4n) is 2.46. The molecule has 0 aliphatic rings. The molecule has 0 atom stereocenters. The molecule has 0 bridgehead atoms. The molecule has 0 saturated heterocycles. The molecule has 0 aliphatic heterocycles. The van der Waals surface area contributed by atoms with Gasteiger partial charge in [0, 0.05) is 12.7 Å². The maximum atomic E-state index is 13.1. The zero-order chi connectivity index (χ0) is 18.4. The Balaban J connectivity index is 1.67. The highest BCUT2D eigenvalue weighted by molar-refractivity contribution is 5.60. The quantitative estimate of drug-likeness (QED) is 0.658. The second-order valence-electron chi connectivity index (χ2n) is 5.60. The largest absolute Gasteiger partial charge is 0.418 e. The summed E-state index contributed by atoms with van der Waals surface area (Å²) >= 11 is 0. The van der Waals surface area contributed by atoms with Crippen molar-refractivity contribution in [2.45, 2.75) is 12.6 Å². The van der Waals surface area contributed by atoms with Crippen LogP contribution in [-0.2, 0) is 12.6 Å². The van der Waals surface area contributed by atoms with E-state index in [1.165, 1.54) is 30.0 Å². The summed E-state index contributed by atoms with van der Waals surface area (Å²) in [6.45, 7) is 0.652. The predicted octanol–water partition coefficient (Wildman–Crippen LogP) is 4.89. The van der Waals surface area contributed by atoms with E-state index in [0.29, 0.717) is 12.4 Å². The van der Waals surface area contributed by atoms with Gasteiger partial charge < -0.3 is 10.6 Å². The van der Waals surface area contributed by atoms with Crippen molar-refractivity contribution in [3.05, 3.63) is 78.0 Å². The van der Waals surface area contributed by atoms with Crippen LogP contribution in [0.3, 0.4) is 0 Å². The van der Waals surface area contributed by atoms with Crippen LogP contribution < -0.4 is 10.6 Å². The highest BCUT2D eigenvalue weighted by atomic mass is 19.4. The lowest BCUT2D eigenvalue weighted by Gasteiger charge is -2.14. The first-order valence-electron chi connectivity index (χ1n) is 8.06. The van der Waals surface area contributed by atoms with E-state index in [9.17, 15) is 13.2 Å². The van der Waals surface area contributed by atoms with Gasteiger partial charge in [0.25, 0.3) is 0 Å². The molecule has 0 aliphatic carbocycles. The normalized spacial score (nSPS) is 11.2. The predicted molar refractivity (Wildman–Crippen MR) is 95.4 cm³/mol. The van der Waals surface area contributed by atoms with Crippen molar-refractivity contribution in [2.24, 2.45) is 0 Å². The number of anilines is 3. The molecule has 3 rings (SSSR count). The Labute approximate surface area is 149 Å². The van der Waals surface area contributed by atoms with E-state index >= 15 is 0 Å². The Morgan fingerprint density at radius 1 is 0.885 bits per heavy atom. The van der Waals surface area contributed by atoms with E-state index in [2.05, 4.69) is 20.6 Å². The fraction of sp³-hybridized carbons (Fsp3) is 0.158. The molecule has 0 fully saturated rings. The van der Waals surface area contributed by atoms with Crippen molar-refractivity contribution < 1.29 is 13.2 Å². The standard InChI is InChI=1S/C19H17F3N4/c20-19(21,22)15-8-4-5-9-16(15)25-18-24-13-11-17(26-18)23-12-10-14-6-2-1-3-7-14/h1-9,11,13H,10,12H2,(H2,23,24,25,26). The number of hydrogen-bond donors (Lipinski definition) is 2. The minimum absolute atomic E-state index is 0.0820. The summed E-state index contributed by atoms with van der Waals surface area (Å²) in [6, 6.07) is 16.9. The van der Waals surface area contributed by atoms with Crippen LogP contribution >= 0.6 is 0 Å². The zero-order valence-electron chi connectivity index (χ0n) is 13.8. The first-order chi connectivity index (χ1) is 12.5. The zero-order valence-corrected chi connectivity index (χ0v) is 13.8. The SMILES string of the molecule is FC(F)(F)c1ccccc1Nc1nccc(NCCc2ccccc2)n1. The minimum atomic E-state index is -4.45. The Bertz CT molecular complexity index is 851. The van der Waals surface area contributed by atoms with Crippen molar-refractivity contribution in [2.75, 3.05) is 17.2 Å². The number of alkyl halides is 3. The van der Waals surface area contributed by atoms with Crippen LogP contribution in [0, 0.1) is 0 Å². The number of rotatable bonds is 6. The summed E-state index contributed by atoms with van der Waals surface area (Å²) in [5, 5.41) is 5.80. The number of nitrogens with one attached hydrogen (secondary N) is 2. The molecule has 134 valence electrons. The van der Waals surface area contributed by atoms with E-state index in [0.717, 1.165) is 12.5 Å². The van der Waals surface area contributed by atoms with Gasteiger partial charge in [0.1, 0.15) is 5.82 Å². The topological polar surface area (TPSA) is 49.8 Å². The van der Waals surface area contributed by atoms with Gasteiger partial charge in [0.15, 0.2) is 0 Å². The molecular formula is C19H17F3N4. The third kappa shape index (κ3) is 4.72. The smallest absolute Gasteiger partial charge is 0.370 e. The fourth-order valence-corrected chi connectivity index (χ4v) is 2.46. The van der Waals surface area contributed by atoms with E-state index in [1.807, 2.05) is 30.3 Å². The molecule has 7 heteroatoms. The van der Waals surface area contributed by atoms with E-state index in [1.54, 1.807) is 6.07 Å². The minimum Gasteiger partial charge on any atom is -0.370 e. The molecule has 0 radical (unpaired) electrons. The summed E-state index contributed by atoms with van der Waals surface area (Å²) in [7, 11) is 0. The molecule has 3 aromatic rings. The van der Waals surface area contributed by atoms with Gasteiger partial charge in [0.2, 0.25) is 5.95 Å². The van der Waals surface area contributed by atoms with E-state index in [-0.39, 0.29) is 11.6 Å². The van der Waals surface area contributed by atoms with Gasteiger partial charge in [-0.25, -0.2) is 4.98 Å². The van der Waals surface area contributed by atoms with Crippen molar-refractivity contribution in [1.29, 1.82) is 0 Å². The van der Waals surface area contributed by atoms with Gasteiger partial charge in [-0.3, -0.25) is 0 Å². The Morgan fingerprint density at radius 2 is 1.62 bits per heavy atom. The van der Waals surface area contributed by atoms with Crippen molar-refractivity contribution in [1.82, 2.24) is 9.97 Å². The van der Waals surface area contributed by atoms with Crippen LogP contribution in [0.4, 0.5) is 30.6 Å². The molecule has 0 unspecified atom stereocenters. The van der Waals surface area contributed by atoms with Crippen LogP contribution in [-0.4, -0.2) is 16.5 Å². The lowest BCUT2D eigenvalue weighted by molar-refractivity contribution is -0.136. The average Bonchev–Trinajstić information content (AvgIpc) is 2.63. The van der Waals surface area contributed by atoms with E-state index in [4.69, 9.17) is 0 Å². The summed E-state index contributed by atoms with van der Waals surface area (Å²) in [5.41, 5.74) is 0.346. The third-order valence-electron chi connectivity index (χ3n) is 3.70. The first-order valence-corrected chi connectivity index (χ1v) is 8.06. The lowest BCUT2D eigenvalue weighted by Crippen LogP contribution is -2.10. The molecule has 0 spiro atoms. The number of nitrogens with zero attached hydrogens (tertiary/aromatic N) is 2. The van der Waals surface area contributed by atoms with Gasteiger partial charge in [-0.1, -0.05) is 42.5 Å². The summed E-state index contributed by atoms with van der Waals surface area (Å²) in [4.78, 5) is 8.22. The third-order valence-corrected chi connectivity index (χ3v) is 3.70. The second-order valence-corrected chi connectivity index (χ2v) is 5.60. The van der Waals surface area contributed by atoms with Crippen LogP contribution in [0.25, 0.3) is 0 Å². The van der Waals surface area contributed by atoms with Gasteiger partial charge in [-0.15, -0.1) is 0 Å². The van der Waals surface area contributed by atoms with Crippen LogP contribution in [0.5, 0.6) is 0 Å². The monoisotopic (exact) mass is 358 g/mol. The number of hydrogen-bond acceptors (Lipinski definition) is 4. The number of halogens is 3. The van der Waals surface area contributed by atoms with Crippen molar-refractivity contribution in [3.63, 3.8) is 0 Å². The van der Waals surface area contributed by atoms with E-state index < -0.39 is 11.7 Å². The first kappa shape index (κ1) is 17.7. The average molecular weight is 358 g/mol. The summed E-state index contributed by atoms with van der Waals surface area (Å²) < 4.78 is 39.2. The molecule has 2 N–H and O–H groups in total. The Hall–Kier alpha value is -3.09. The Kier molecular flexibility index (Phi) is 5.36.